The fourth-order valence-corrected chi connectivity index (χ4v) is 3.27. The first-order valence-corrected chi connectivity index (χ1v) is 8.89. The Morgan fingerprint density at radius 2 is 1.96 bits per heavy atom. The topological polar surface area (TPSA) is 86.5 Å². The van der Waals surface area contributed by atoms with Crippen molar-refractivity contribution in [2.24, 2.45) is 0 Å². The van der Waals surface area contributed by atoms with Crippen molar-refractivity contribution in [1.29, 1.82) is 0 Å². The van der Waals surface area contributed by atoms with E-state index in [4.69, 9.17) is 25.6 Å². The number of nitrogens with zero attached hydrogens (tertiary/aromatic N) is 2. The number of ether oxygens (including phenoxy) is 2. The van der Waals surface area contributed by atoms with E-state index < -0.39 is 0 Å². The molecule has 0 aliphatic heterocycles. The van der Waals surface area contributed by atoms with Crippen LogP contribution in [0.4, 0.5) is 5.69 Å². The number of nitrogens with one attached hydrogen (secondary N) is 1. The van der Waals surface area contributed by atoms with Crippen LogP contribution in [0, 0.1) is 6.92 Å². The summed E-state index contributed by atoms with van der Waals surface area (Å²) < 4.78 is 15.8. The Labute approximate surface area is 160 Å². The monoisotopic (exact) mass is 387 g/mol. The van der Waals surface area contributed by atoms with Crippen molar-refractivity contribution < 1.29 is 18.8 Å². The van der Waals surface area contributed by atoms with Crippen molar-refractivity contribution >= 4 is 34.3 Å². The van der Waals surface area contributed by atoms with Crippen LogP contribution in [0.15, 0.2) is 22.7 Å². The number of aryl methyl sites for hydroxylation is 1. The van der Waals surface area contributed by atoms with Crippen LogP contribution in [0.3, 0.4) is 0 Å². The van der Waals surface area contributed by atoms with E-state index in [2.05, 4.69) is 15.5 Å². The van der Waals surface area contributed by atoms with Crippen LogP contribution in [0.5, 0.6) is 11.5 Å². The highest BCUT2D eigenvalue weighted by Gasteiger charge is 2.29. The normalized spacial score (nSPS) is 13.6. The van der Waals surface area contributed by atoms with Crippen LogP contribution >= 0.6 is 11.6 Å². The first kappa shape index (κ1) is 17.6. The zero-order chi connectivity index (χ0) is 19.1. The summed E-state index contributed by atoms with van der Waals surface area (Å²) in [4.78, 5) is 17.6. The van der Waals surface area contributed by atoms with Gasteiger partial charge in [-0.2, -0.15) is 0 Å². The van der Waals surface area contributed by atoms with E-state index in [9.17, 15) is 4.79 Å². The average molecular weight is 388 g/mol. The van der Waals surface area contributed by atoms with Gasteiger partial charge in [-0.15, -0.1) is 0 Å². The van der Waals surface area contributed by atoms with Gasteiger partial charge in [-0.1, -0.05) is 16.8 Å². The molecule has 8 heteroatoms. The maximum atomic E-state index is 13.1. The van der Waals surface area contributed by atoms with Crippen molar-refractivity contribution in [2.45, 2.75) is 25.7 Å². The highest BCUT2D eigenvalue weighted by molar-refractivity contribution is 6.32. The van der Waals surface area contributed by atoms with Crippen molar-refractivity contribution in [3.05, 3.63) is 40.2 Å². The lowest BCUT2D eigenvalue weighted by atomic mass is 10.1. The summed E-state index contributed by atoms with van der Waals surface area (Å²) in [5.74, 6) is 0.967. The third-order valence-electron chi connectivity index (χ3n) is 4.60. The minimum Gasteiger partial charge on any atom is -0.495 e. The van der Waals surface area contributed by atoms with Gasteiger partial charge >= 0.3 is 0 Å². The zero-order valence-electron chi connectivity index (χ0n) is 15.1. The average Bonchev–Trinajstić information content (AvgIpc) is 3.45. The predicted octanol–water partition coefficient (Wildman–Crippen LogP) is 4.33. The van der Waals surface area contributed by atoms with Crippen molar-refractivity contribution in [3.63, 3.8) is 0 Å². The minimum absolute atomic E-state index is 0.310. The van der Waals surface area contributed by atoms with Crippen LogP contribution in [-0.2, 0) is 0 Å². The van der Waals surface area contributed by atoms with E-state index in [1.807, 2.05) is 6.07 Å². The number of benzene rings is 1. The number of halogens is 1. The number of carbonyl (C=O) groups excluding carboxylic acids is 1. The Kier molecular flexibility index (Phi) is 4.39. The van der Waals surface area contributed by atoms with Gasteiger partial charge in [0, 0.05) is 17.7 Å². The van der Waals surface area contributed by atoms with E-state index in [0.29, 0.717) is 50.5 Å². The molecule has 0 radical (unpaired) electrons. The first-order chi connectivity index (χ1) is 13.0. The molecule has 1 N–H and O–H groups in total. The van der Waals surface area contributed by atoms with Crippen LogP contribution in [-0.4, -0.2) is 30.3 Å². The lowest BCUT2D eigenvalue weighted by Crippen LogP contribution is -2.14. The largest absolute Gasteiger partial charge is 0.495 e. The number of fused-ring (bicyclic) bond motifs is 1. The Bertz CT molecular complexity index is 1040. The number of anilines is 1. The molecule has 2 aromatic heterocycles. The molecule has 0 unspecified atom stereocenters. The summed E-state index contributed by atoms with van der Waals surface area (Å²) >= 11 is 6.20. The van der Waals surface area contributed by atoms with Gasteiger partial charge in [0.15, 0.2) is 0 Å². The number of carbonyl (C=O) groups is 1. The van der Waals surface area contributed by atoms with E-state index >= 15 is 0 Å². The third-order valence-corrected chi connectivity index (χ3v) is 4.89. The second kappa shape index (κ2) is 6.74. The second-order valence-electron chi connectivity index (χ2n) is 6.46. The third kappa shape index (κ3) is 3.19. The molecule has 0 saturated heterocycles. The second-order valence-corrected chi connectivity index (χ2v) is 6.87. The van der Waals surface area contributed by atoms with E-state index in [1.54, 1.807) is 19.1 Å². The first-order valence-electron chi connectivity index (χ1n) is 8.51. The molecule has 0 bridgehead atoms. The van der Waals surface area contributed by atoms with Gasteiger partial charge in [-0.25, -0.2) is 4.98 Å². The SMILES string of the molecule is COc1cc(OC)c(NC(=O)c2cc(C3CC3)nc3onc(C)c23)cc1Cl. The Morgan fingerprint density at radius 1 is 1.22 bits per heavy atom. The van der Waals surface area contributed by atoms with Gasteiger partial charge < -0.3 is 19.3 Å². The molecule has 1 saturated carbocycles. The van der Waals surface area contributed by atoms with Crippen molar-refractivity contribution in [1.82, 2.24) is 10.1 Å². The fourth-order valence-electron chi connectivity index (χ4n) is 3.03. The molecule has 0 spiro atoms. The van der Waals surface area contributed by atoms with Crippen LogP contribution in [0.2, 0.25) is 5.02 Å². The highest BCUT2D eigenvalue weighted by atomic mass is 35.5. The molecule has 140 valence electrons. The molecule has 4 rings (SSSR count). The maximum absolute atomic E-state index is 13.1. The number of amides is 1. The lowest BCUT2D eigenvalue weighted by Gasteiger charge is -2.13. The van der Waals surface area contributed by atoms with E-state index in [1.165, 1.54) is 14.2 Å². The number of aromatic nitrogens is 2. The molecule has 7 nitrogen and oxygen atoms in total. The van der Waals surface area contributed by atoms with Gasteiger partial charge in [0.25, 0.3) is 11.6 Å². The smallest absolute Gasteiger partial charge is 0.259 e. The van der Waals surface area contributed by atoms with Crippen molar-refractivity contribution in [2.75, 3.05) is 19.5 Å². The molecule has 27 heavy (non-hydrogen) atoms. The molecule has 1 aliphatic rings. The molecule has 1 fully saturated rings. The summed E-state index contributed by atoms with van der Waals surface area (Å²) in [5, 5.41) is 7.80. The Balaban J connectivity index is 1.75. The van der Waals surface area contributed by atoms with Gasteiger partial charge in [-0.3, -0.25) is 4.79 Å². The summed E-state index contributed by atoms with van der Waals surface area (Å²) in [5.41, 5.74) is 2.75. The fraction of sp³-hybridized carbons (Fsp3) is 0.316. The molecule has 1 aromatic carbocycles. The number of hydrogen-bond acceptors (Lipinski definition) is 6. The highest BCUT2D eigenvalue weighted by Crippen LogP contribution is 2.41. The van der Waals surface area contributed by atoms with Gasteiger partial charge in [0.2, 0.25) is 0 Å². The Morgan fingerprint density at radius 3 is 2.63 bits per heavy atom. The lowest BCUT2D eigenvalue weighted by molar-refractivity contribution is 0.102. The summed E-state index contributed by atoms with van der Waals surface area (Å²) in [6.45, 7) is 1.78. The standard InChI is InChI=1S/C19H18ClN3O4/c1-9-17-11(6-13(10-4-5-10)22-19(17)27-23-9)18(24)21-14-7-12(20)15(25-2)8-16(14)26-3/h6-8,10H,4-5H2,1-3H3,(H,21,24). The predicted molar refractivity (Wildman–Crippen MR) is 101 cm³/mol. The quantitative estimate of drug-likeness (QED) is 0.701. The van der Waals surface area contributed by atoms with Gasteiger partial charge in [0.05, 0.1) is 41.6 Å². The van der Waals surface area contributed by atoms with E-state index in [0.717, 1.165) is 18.5 Å². The molecular formula is C19H18ClN3O4. The zero-order valence-corrected chi connectivity index (χ0v) is 15.9. The minimum atomic E-state index is -0.310. The molecule has 3 aromatic rings. The summed E-state index contributed by atoms with van der Waals surface area (Å²) in [7, 11) is 3.03. The Hall–Kier alpha value is -2.80. The molecular weight excluding hydrogens is 370 g/mol. The number of pyridine rings is 1. The summed E-state index contributed by atoms with van der Waals surface area (Å²) in [6, 6.07) is 5.04. The number of hydrogen-bond donors (Lipinski definition) is 1. The number of rotatable bonds is 5. The number of methoxy groups -OCH3 is 2. The molecule has 1 aliphatic carbocycles. The molecule has 1 amide bonds. The maximum Gasteiger partial charge on any atom is 0.259 e. The molecule has 0 atom stereocenters. The van der Waals surface area contributed by atoms with Crippen LogP contribution in [0.1, 0.15) is 40.5 Å². The van der Waals surface area contributed by atoms with Crippen molar-refractivity contribution in [3.8, 4) is 11.5 Å². The van der Waals surface area contributed by atoms with Gasteiger partial charge in [-0.05, 0) is 31.9 Å². The van der Waals surface area contributed by atoms with E-state index in [-0.39, 0.29) is 5.91 Å². The van der Waals surface area contributed by atoms with Crippen LogP contribution in [0.25, 0.3) is 11.1 Å². The van der Waals surface area contributed by atoms with Gasteiger partial charge in [0.1, 0.15) is 11.5 Å². The molecule has 2 heterocycles. The van der Waals surface area contributed by atoms with Crippen LogP contribution < -0.4 is 14.8 Å². The summed E-state index contributed by atoms with van der Waals surface area (Å²) in [6.07, 6.45) is 2.13.